The van der Waals surface area contributed by atoms with Gasteiger partial charge in [-0.25, -0.2) is 13.6 Å². The molecule has 0 unspecified atom stereocenters. The van der Waals surface area contributed by atoms with Gasteiger partial charge >= 0.3 is 0 Å². The number of nitrogens with zero attached hydrogens (tertiary/aromatic N) is 1. The van der Waals surface area contributed by atoms with Gasteiger partial charge in [-0.15, -0.1) is 0 Å². The topological polar surface area (TPSA) is 119 Å². The van der Waals surface area contributed by atoms with Gasteiger partial charge in [0.1, 0.15) is 17.6 Å². The summed E-state index contributed by atoms with van der Waals surface area (Å²) in [6.45, 7) is 1.56. The molecule has 0 heterocycles. The van der Waals surface area contributed by atoms with Crippen molar-refractivity contribution in [3.8, 4) is 17.6 Å². The van der Waals surface area contributed by atoms with Gasteiger partial charge < -0.3 is 10.5 Å². The first kappa shape index (κ1) is 14.8. The lowest BCUT2D eigenvalue weighted by Crippen LogP contribution is -2.14. The SMILES string of the molecule is Cc1c(Oc2ccccc2C#N)cc(N)cc1S(N)(=O)=O. The van der Waals surface area contributed by atoms with Crippen LogP contribution in [-0.4, -0.2) is 8.42 Å². The van der Waals surface area contributed by atoms with E-state index in [1.165, 1.54) is 12.1 Å². The van der Waals surface area contributed by atoms with Crippen molar-refractivity contribution in [3.05, 3.63) is 47.5 Å². The molecule has 21 heavy (non-hydrogen) atoms. The Kier molecular flexibility index (Phi) is 3.84. The number of benzene rings is 2. The Hall–Kier alpha value is -2.56. The third-order valence-electron chi connectivity index (χ3n) is 2.87. The van der Waals surface area contributed by atoms with E-state index in [1.54, 1.807) is 31.2 Å². The highest BCUT2D eigenvalue weighted by atomic mass is 32.2. The molecule has 2 rings (SSSR count). The lowest BCUT2D eigenvalue weighted by molar-refractivity contribution is 0.475. The standard InChI is InChI=1S/C14H13N3O3S/c1-9-13(6-11(16)7-14(9)21(17,18)19)20-12-5-3-2-4-10(12)8-15/h2-7H,16H2,1H3,(H2,17,18,19). The number of nitriles is 1. The van der Waals surface area contributed by atoms with Crippen molar-refractivity contribution in [2.24, 2.45) is 5.14 Å². The number of nitrogens with two attached hydrogens (primary N) is 2. The van der Waals surface area contributed by atoms with Crippen LogP contribution in [-0.2, 0) is 10.0 Å². The number of ether oxygens (including phenoxy) is 1. The van der Waals surface area contributed by atoms with E-state index in [0.29, 0.717) is 16.9 Å². The predicted octanol–water partition coefficient (Wildman–Crippen LogP) is 1.89. The number of para-hydroxylation sites is 1. The van der Waals surface area contributed by atoms with Gasteiger partial charge in [0.05, 0.1) is 10.5 Å². The maximum atomic E-state index is 11.5. The van der Waals surface area contributed by atoms with Crippen LogP contribution in [0.5, 0.6) is 11.5 Å². The quantitative estimate of drug-likeness (QED) is 0.839. The number of primary sulfonamides is 1. The molecule has 2 aromatic rings. The Morgan fingerprint density at radius 3 is 2.48 bits per heavy atom. The molecule has 0 fully saturated rings. The lowest BCUT2D eigenvalue weighted by Gasteiger charge is -2.13. The van der Waals surface area contributed by atoms with Crippen LogP contribution in [0.4, 0.5) is 5.69 Å². The molecule has 0 spiro atoms. The van der Waals surface area contributed by atoms with Gasteiger partial charge in [-0.2, -0.15) is 5.26 Å². The molecule has 0 aliphatic rings. The fourth-order valence-corrected chi connectivity index (χ4v) is 2.68. The summed E-state index contributed by atoms with van der Waals surface area (Å²) in [5.74, 6) is 0.552. The molecular formula is C14H13N3O3S. The fourth-order valence-electron chi connectivity index (χ4n) is 1.85. The molecule has 0 aliphatic carbocycles. The summed E-state index contributed by atoms with van der Waals surface area (Å²) in [7, 11) is -3.91. The van der Waals surface area contributed by atoms with Crippen molar-refractivity contribution >= 4 is 15.7 Å². The van der Waals surface area contributed by atoms with E-state index in [1.807, 2.05) is 6.07 Å². The van der Waals surface area contributed by atoms with Gasteiger partial charge in [-0.05, 0) is 25.1 Å². The monoisotopic (exact) mass is 303 g/mol. The van der Waals surface area contributed by atoms with Gasteiger partial charge in [0.2, 0.25) is 10.0 Å². The van der Waals surface area contributed by atoms with E-state index >= 15 is 0 Å². The van der Waals surface area contributed by atoms with Gasteiger partial charge in [0, 0.05) is 17.3 Å². The second-order valence-electron chi connectivity index (χ2n) is 4.40. The van der Waals surface area contributed by atoms with Crippen molar-refractivity contribution in [2.45, 2.75) is 11.8 Å². The second kappa shape index (κ2) is 5.44. The van der Waals surface area contributed by atoms with Crippen LogP contribution in [0.1, 0.15) is 11.1 Å². The van der Waals surface area contributed by atoms with Crippen LogP contribution in [0.25, 0.3) is 0 Å². The van der Waals surface area contributed by atoms with E-state index in [4.69, 9.17) is 20.9 Å². The molecule has 4 N–H and O–H groups in total. The van der Waals surface area contributed by atoms with E-state index in [2.05, 4.69) is 0 Å². The Labute approximate surface area is 122 Å². The summed E-state index contributed by atoms with van der Waals surface area (Å²) < 4.78 is 28.7. The minimum atomic E-state index is -3.91. The molecule has 0 aromatic heterocycles. The summed E-state index contributed by atoms with van der Waals surface area (Å²) in [4.78, 5) is -0.105. The van der Waals surface area contributed by atoms with Crippen LogP contribution in [0.15, 0.2) is 41.3 Å². The largest absolute Gasteiger partial charge is 0.456 e. The van der Waals surface area contributed by atoms with E-state index < -0.39 is 10.0 Å². The van der Waals surface area contributed by atoms with Crippen molar-refractivity contribution in [1.29, 1.82) is 5.26 Å². The number of nitrogen functional groups attached to an aromatic ring is 1. The second-order valence-corrected chi connectivity index (χ2v) is 5.93. The Bertz CT molecular complexity index is 839. The molecule has 0 amide bonds. The van der Waals surface area contributed by atoms with Crippen LogP contribution in [0.3, 0.4) is 0 Å². The molecule has 0 bridgehead atoms. The summed E-state index contributed by atoms with van der Waals surface area (Å²) in [5, 5.41) is 14.2. The highest BCUT2D eigenvalue weighted by Gasteiger charge is 2.17. The minimum absolute atomic E-state index is 0.105. The zero-order chi connectivity index (χ0) is 15.6. The minimum Gasteiger partial charge on any atom is -0.456 e. The summed E-state index contributed by atoms with van der Waals surface area (Å²) in [5.41, 5.74) is 6.55. The highest BCUT2D eigenvalue weighted by Crippen LogP contribution is 2.32. The molecular weight excluding hydrogens is 290 g/mol. The Morgan fingerprint density at radius 2 is 1.86 bits per heavy atom. The van der Waals surface area contributed by atoms with E-state index in [0.717, 1.165) is 0 Å². The molecule has 2 aromatic carbocycles. The first-order valence-electron chi connectivity index (χ1n) is 5.93. The van der Waals surface area contributed by atoms with E-state index in [9.17, 15) is 8.42 Å². The average molecular weight is 303 g/mol. The zero-order valence-electron chi connectivity index (χ0n) is 11.2. The summed E-state index contributed by atoms with van der Waals surface area (Å²) >= 11 is 0. The van der Waals surface area contributed by atoms with Crippen LogP contribution >= 0.6 is 0 Å². The number of hydrogen-bond acceptors (Lipinski definition) is 5. The summed E-state index contributed by atoms with van der Waals surface area (Å²) in [6, 6.07) is 11.4. The zero-order valence-corrected chi connectivity index (χ0v) is 12.0. The molecule has 0 saturated carbocycles. The molecule has 6 nitrogen and oxygen atoms in total. The molecule has 0 aliphatic heterocycles. The average Bonchev–Trinajstić information content (AvgIpc) is 2.42. The van der Waals surface area contributed by atoms with Gasteiger partial charge in [0.15, 0.2) is 0 Å². The van der Waals surface area contributed by atoms with Crippen LogP contribution in [0.2, 0.25) is 0 Å². The third kappa shape index (κ3) is 3.13. The first-order chi connectivity index (χ1) is 9.82. The maximum absolute atomic E-state index is 11.5. The van der Waals surface area contributed by atoms with Crippen LogP contribution < -0.4 is 15.6 Å². The molecule has 0 radical (unpaired) electrons. The Balaban J connectivity index is 2.56. The van der Waals surface area contributed by atoms with E-state index in [-0.39, 0.29) is 16.3 Å². The Morgan fingerprint density at radius 1 is 1.19 bits per heavy atom. The highest BCUT2D eigenvalue weighted by molar-refractivity contribution is 7.89. The normalized spacial score (nSPS) is 10.9. The van der Waals surface area contributed by atoms with Crippen molar-refractivity contribution in [3.63, 3.8) is 0 Å². The molecule has 108 valence electrons. The van der Waals surface area contributed by atoms with Crippen molar-refractivity contribution in [1.82, 2.24) is 0 Å². The van der Waals surface area contributed by atoms with Crippen molar-refractivity contribution < 1.29 is 13.2 Å². The number of hydrogen-bond donors (Lipinski definition) is 2. The summed E-state index contributed by atoms with van der Waals surface area (Å²) in [6.07, 6.45) is 0. The first-order valence-corrected chi connectivity index (χ1v) is 7.47. The van der Waals surface area contributed by atoms with Gasteiger partial charge in [-0.3, -0.25) is 0 Å². The van der Waals surface area contributed by atoms with Gasteiger partial charge in [-0.1, -0.05) is 12.1 Å². The number of anilines is 1. The number of sulfonamides is 1. The fraction of sp³-hybridized carbons (Fsp3) is 0.0714. The molecule has 7 heteroatoms. The van der Waals surface area contributed by atoms with Crippen molar-refractivity contribution in [2.75, 3.05) is 5.73 Å². The molecule has 0 atom stereocenters. The predicted molar refractivity (Wildman–Crippen MR) is 78.2 cm³/mol. The lowest BCUT2D eigenvalue weighted by atomic mass is 10.2. The third-order valence-corrected chi connectivity index (χ3v) is 3.91. The smallest absolute Gasteiger partial charge is 0.238 e. The maximum Gasteiger partial charge on any atom is 0.238 e. The van der Waals surface area contributed by atoms with Crippen LogP contribution in [0, 0.1) is 18.3 Å². The molecule has 0 saturated heterocycles. The van der Waals surface area contributed by atoms with Gasteiger partial charge in [0.25, 0.3) is 0 Å². The number of rotatable bonds is 3.